The van der Waals surface area contributed by atoms with E-state index in [1.807, 2.05) is 13.8 Å². The van der Waals surface area contributed by atoms with Crippen LogP contribution < -0.4 is 9.47 Å². The normalized spacial score (nSPS) is 13.2. The van der Waals surface area contributed by atoms with E-state index in [4.69, 9.17) is 14.0 Å². The summed E-state index contributed by atoms with van der Waals surface area (Å²) in [7, 11) is -5.27. The second kappa shape index (κ2) is 12.4. The Bertz CT molecular complexity index is 1630. The van der Waals surface area contributed by atoms with Gasteiger partial charge in [-0.2, -0.15) is 21.6 Å². The molecule has 3 aromatic rings. The second-order valence-corrected chi connectivity index (χ2v) is 12.3. The van der Waals surface area contributed by atoms with Crippen LogP contribution in [0.2, 0.25) is 0 Å². The maximum absolute atomic E-state index is 13.8. The van der Waals surface area contributed by atoms with E-state index >= 15 is 0 Å². The summed E-state index contributed by atoms with van der Waals surface area (Å²) in [5.41, 5.74) is -1.02. The van der Waals surface area contributed by atoms with E-state index in [0.29, 0.717) is 22.3 Å². The van der Waals surface area contributed by atoms with Crippen molar-refractivity contribution < 1.29 is 54.7 Å². The van der Waals surface area contributed by atoms with Gasteiger partial charge in [0.25, 0.3) is 10.1 Å². The predicted molar refractivity (Wildman–Crippen MR) is 154 cm³/mol. The van der Waals surface area contributed by atoms with Gasteiger partial charge in [0.15, 0.2) is 0 Å². The van der Waals surface area contributed by atoms with E-state index in [1.54, 1.807) is 52.0 Å². The van der Waals surface area contributed by atoms with Gasteiger partial charge in [-0.1, -0.05) is 35.4 Å². The van der Waals surface area contributed by atoms with Crippen molar-refractivity contribution in [2.75, 3.05) is 5.75 Å². The molecule has 0 fully saturated rings. The van der Waals surface area contributed by atoms with Crippen LogP contribution in [0, 0.1) is 41.5 Å². The summed E-state index contributed by atoms with van der Waals surface area (Å²) >= 11 is 0. The molecule has 0 aliphatic rings. The van der Waals surface area contributed by atoms with Crippen LogP contribution in [-0.4, -0.2) is 48.4 Å². The lowest BCUT2D eigenvalue weighted by atomic mass is 10.0. The first-order chi connectivity index (χ1) is 20.1. The van der Waals surface area contributed by atoms with Crippen molar-refractivity contribution >= 4 is 28.0 Å². The molecule has 0 saturated carbocycles. The lowest BCUT2D eigenvalue weighted by Gasteiger charge is -2.30. The van der Waals surface area contributed by atoms with Crippen LogP contribution >= 0.6 is 0 Å². The first-order valence-electron chi connectivity index (χ1n) is 13.1. The summed E-state index contributed by atoms with van der Waals surface area (Å²) in [4.78, 5) is 39.6. The third kappa shape index (κ3) is 8.03. The third-order valence-electron chi connectivity index (χ3n) is 6.61. The zero-order chi connectivity index (χ0) is 33.4. The first-order valence-corrected chi connectivity index (χ1v) is 14.7. The number of benzene rings is 3. The highest BCUT2D eigenvalue weighted by molar-refractivity contribution is 7.85. The Kier molecular flexibility index (Phi) is 9.66. The smallest absolute Gasteiger partial charge is 0.429 e. The fourth-order valence-corrected chi connectivity index (χ4v) is 5.64. The van der Waals surface area contributed by atoms with Gasteiger partial charge in [-0.3, -0.25) is 4.55 Å². The zero-order valence-corrected chi connectivity index (χ0v) is 25.8. The topological polar surface area (TPSA) is 133 Å². The van der Waals surface area contributed by atoms with Crippen molar-refractivity contribution in [2.24, 2.45) is 0 Å². The number of rotatable bonds is 8. The van der Waals surface area contributed by atoms with Gasteiger partial charge in [0.1, 0.15) is 17.3 Å². The lowest BCUT2D eigenvalue weighted by molar-refractivity contribution is -0.243. The Hall–Kier alpha value is -4.23. The molecule has 0 amide bonds. The minimum absolute atomic E-state index is 0.196. The number of carbonyl (C=O) groups is 3. The van der Waals surface area contributed by atoms with Crippen LogP contribution in [0.1, 0.15) is 71.4 Å². The van der Waals surface area contributed by atoms with Crippen molar-refractivity contribution in [1.82, 2.24) is 0 Å². The van der Waals surface area contributed by atoms with Crippen LogP contribution in [0.5, 0.6) is 11.5 Å². The van der Waals surface area contributed by atoms with E-state index in [2.05, 4.69) is 4.74 Å². The van der Waals surface area contributed by atoms with Crippen molar-refractivity contribution in [3.63, 3.8) is 0 Å². The van der Waals surface area contributed by atoms with Crippen LogP contribution in [-0.2, 0) is 14.9 Å². The number of ether oxygens (including phenoxy) is 3. The summed E-state index contributed by atoms with van der Waals surface area (Å²) in [6.45, 7) is 10.7. The van der Waals surface area contributed by atoms with E-state index in [0.717, 1.165) is 29.3 Å². The summed E-state index contributed by atoms with van der Waals surface area (Å²) < 4.78 is 88.9. The molecule has 0 bridgehead atoms. The highest BCUT2D eigenvalue weighted by atomic mass is 32.2. The molecule has 0 spiro atoms. The maximum atomic E-state index is 13.8. The van der Waals surface area contributed by atoms with Gasteiger partial charge in [0.2, 0.25) is 5.60 Å². The van der Waals surface area contributed by atoms with E-state index in [-0.39, 0.29) is 18.4 Å². The Labute approximate surface area is 252 Å². The van der Waals surface area contributed by atoms with Crippen molar-refractivity contribution in [3.05, 3.63) is 92.5 Å². The van der Waals surface area contributed by atoms with Crippen LogP contribution in [0.15, 0.2) is 42.5 Å². The molecule has 0 saturated heterocycles. The highest BCUT2D eigenvalue weighted by Gasteiger charge is 2.57. The second-order valence-electron chi connectivity index (χ2n) is 10.9. The molecule has 0 aliphatic carbocycles. The fourth-order valence-electron chi connectivity index (χ4n) is 4.72. The number of halogens is 3. The molecule has 236 valence electrons. The molecular formula is C31H31F3O9S. The zero-order valence-electron chi connectivity index (χ0n) is 25.0. The van der Waals surface area contributed by atoms with Crippen LogP contribution in [0.25, 0.3) is 0 Å². The van der Waals surface area contributed by atoms with E-state index < -0.39 is 62.2 Å². The SMILES string of the molecule is Cc1cc(C)c(OC(=O)c2cc(C(=O)Oc3c(C)cc(C)cc3C)cc(C(=O)OC(C)(CS(=O)(=O)O)C(F)(F)F)c2)c(C)c1. The average Bonchev–Trinajstić information content (AvgIpc) is 2.85. The van der Waals surface area contributed by atoms with Crippen molar-refractivity contribution in [1.29, 1.82) is 0 Å². The molecule has 1 unspecified atom stereocenters. The first kappa shape index (κ1) is 34.3. The van der Waals surface area contributed by atoms with Gasteiger partial charge in [0.05, 0.1) is 16.7 Å². The molecule has 3 rings (SSSR count). The molecular weight excluding hydrogens is 605 g/mol. The van der Waals surface area contributed by atoms with Gasteiger partial charge in [-0.05, 0) is 88.9 Å². The Morgan fingerprint density at radius 2 is 0.977 bits per heavy atom. The van der Waals surface area contributed by atoms with Crippen LogP contribution in [0.4, 0.5) is 13.2 Å². The van der Waals surface area contributed by atoms with Crippen LogP contribution in [0.3, 0.4) is 0 Å². The summed E-state index contributed by atoms with van der Waals surface area (Å²) in [6.07, 6.45) is -5.43. The molecule has 0 aliphatic heterocycles. The Balaban J connectivity index is 2.11. The highest BCUT2D eigenvalue weighted by Crippen LogP contribution is 2.36. The standard InChI is InChI=1S/C31H31F3O9S/c1-16-8-18(3)25(19(4)9-16)41-27(35)22-12-23(28(36)42-26-20(5)10-17(2)11-21(26)6)14-24(13-22)29(37)43-30(7,31(32,33)34)15-44(38,39)40/h8-14H,15H2,1-7H3,(H,38,39,40). The predicted octanol–water partition coefficient (Wildman–Crippen LogP) is 6.34. The summed E-state index contributed by atoms with van der Waals surface area (Å²) in [5.74, 6) is -5.44. The number of hydrogen-bond acceptors (Lipinski definition) is 8. The molecule has 13 heteroatoms. The minimum Gasteiger partial charge on any atom is -0.445 e. The van der Waals surface area contributed by atoms with Crippen molar-refractivity contribution in [2.45, 2.75) is 60.2 Å². The van der Waals surface area contributed by atoms with E-state index in [9.17, 15) is 36.0 Å². The summed E-state index contributed by atoms with van der Waals surface area (Å²) in [5, 5.41) is 0. The van der Waals surface area contributed by atoms with Crippen molar-refractivity contribution in [3.8, 4) is 11.5 Å². The molecule has 3 aromatic carbocycles. The fraction of sp³-hybridized carbons (Fsp3) is 0.323. The summed E-state index contributed by atoms with van der Waals surface area (Å²) in [6, 6.07) is 9.74. The Morgan fingerprint density at radius 3 is 1.27 bits per heavy atom. The van der Waals surface area contributed by atoms with E-state index in [1.165, 1.54) is 0 Å². The largest absolute Gasteiger partial charge is 0.445 e. The minimum atomic E-state index is -5.43. The third-order valence-corrected chi connectivity index (χ3v) is 7.53. The molecule has 44 heavy (non-hydrogen) atoms. The Morgan fingerprint density at radius 1 is 0.659 bits per heavy atom. The van der Waals surface area contributed by atoms with Gasteiger partial charge < -0.3 is 14.2 Å². The van der Waals surface area contributed by atoms with Gasteiger partial charge >= 0.3 is 24.1 Å². The lowest BCUT2D eigenvalue weighted by Crippen LogP contribution is -2.51. The van der Waals surface area contributed by atoms with Gasteiger partial charge in [-0.25, -0.2) is 14.4 Å². The van der Waals surface area contributed by atoms with Gasteiger partial charge in [0, 0.05) is 0 Å². The maximum Gasteiger partial charge on any atom is 0.429 e. The molecule has 0 aromatic heterocycles. The molecule has 0 heterocycles. The number of aryl methyl sites for hydroxylation is 6. The number of alkyl halides is 3. The number of esters is 3. The molecule has 0 radical (unpaired) electrons. The molecule has 1 atom stereocenters. The number of carbonyl (C=O) groups excluding carboxylic acids is 3. The monoisotopic (exact) mass is 636 g/mol. The average molecular weight is 637 g/mol. The number of hydrogen-bond donors (Lipinski definition) is 1. The molecule has 9 nitrogen and oxygen atoms in total. The molecule has 1 N–H and O–H groups in total. The quantitative estimate of drug-likeness (QED) is 0.171. The van der Waals surface area contributed by atoms with Gasteiger partial charge in [-0.15, -0.1) is 0 Å².